The molecule has 5 nitrogen and oxygen atoms in total. The minimum Gasteiger partial charge on any atom is -0.368 e. The van der Waals surface area contributed by atoms with E-state index in [9.17, 15) is 0 Å². The van der Waals surface area contributed by atoms with E-state index in [1.807, 2.05) is 0 Å². The maximum atomic E-state index is 5.35. The topological polar surface area (TPSA) is 79.6 Å². The molecule has 0 unspecified atom stereocenters. The lowest BCUT2D eigenvalue weighted by molar-refractivity contribution is 0.767. The molecule has 0 fully saturated rings. The average molecular weight is 187 g/mol. The average Bonchev–Trinajstić information content (AvgIpc) is 2.45. The number of nitrogens with one attached hydrogen (secondary N) is 2. The molecule has 4 N–H and O–H groups in total. The van der Waals surface area contributed by atoms with Crippen molar-refractivity contribution in [3.8, 4) is 0 Å². The molecule has 1 aromatic heterocycles. The van der Waals surface area contributed by atoms with E-state index < -0.39 is 0 Å². The number of nitrogens with zero attached hydrogens (tertiary/aromatic N) is 2. The lowest BCUT2D eigenvalue weighted by atomic mass is 10.7. The second-order valence-electron chi connectivity index (χ2n) is 2.21. The van der Waals surface area contributed by atoms with Gasteiger partial charge in [0.25, 0.3) is 0 Å². The first kappa shape index (κ1) is 9.34. The van der Waals surface area contributed by atoms with Crippen molar-refractivity contribution in [1.82, 2.24) is 20.5 Å². The van der Waals surface area contributed by atoms with Crippen LogP contribution in [-0.4, -0.2) is 34.0 Å². The highest BCUT2D eigenvalue weighted by molar-refractivity contribution is 7.99. The SMILES string of the molecule is CCNCCSc1n[nH]c(N)n1. The minimum absolute atomic E-state index is 0.376. The van der Waals surface area contributed by atoms with E-state index in [1.54, 1.807) is 11.8 Å². The van der Waals surface area contributed by atoms with Crippen molar-refractivity contribution in [2.24, 2.45) is 0 Å². The number of hydrogen-bond acceptors (Lipinski definition) is 5. The molecule has 0 amide bonds. The van der Waals surface area contributed by atoms with Gasteiger partial charge in [0.15, 0.2) is 0 Å². The molecule has 0 saturated heterocycles. The van der Waals surface area contributed by atoms with Crippen molar-refractivity contribution in [3.63, 3.8) is 0 Å². The number of H-pyrrole nitrogens is 1. The van der Waals surface area contributed by atoms with Gasteiger partial charge in [0.1, 0.15) is 0 Å². The summed E-state index contributed by atoms with van der Waals surface area (Å²) in [5, 5.41) is 10.4. The largest absolute Gasteiger partial charge is 0.368 e. The number of thioether (sulfide) groups is 1. The zero-order valence-electron chi connectivity index (χ0n) is 7.00. The fourth-order valence-electron chi connectivity index (χ4n) is 0.714. The summed E-state index contributed by atoms with van der Waals surface area (Å²) in [5.41, 5.74) is 5.35. The Morgan fingerprint density at radius 1 is 1.67 bits per heavy atom. The molecule has 68 valence electrons. The highest BCUT2D eigenvalue weighted by Gasteiger charge is 1.98. The summed E-state index contributed by atoms with van der Waals surface area (Å²) in [6.45, 7) is 4.04. The number of anilines is 1. The summed E-state index contributed by atoms with van der Waals surface area (Å²) in [4.78, 5) is 3.95. The van der Waals surface area contributed by atoms with E-state index in [-0.39, 0.29) is 0 Å². The van der Waals surface area contributed by atoms with Crippen molar-refractivity contribution in [2.45, 2.75) is 12.1 Å². The van der Waals surface area contributed by atoms with Gasteiger partial charge in [0.05, 0.1) is 0 Å². The Morgan fingerprint density at radius 2 is 2.50 bits per heavy atom. The van der Waals surface area contributed by atoms with Crippen LogP contribution in [0.25, 0.3) is 0 Å². The number of aromatic nitrogens is 3. The zero-order valence-corrected chi connectivity index (χ0v) is 7.82. The summed E-state index contributed by atoms with van der Waals surface area (Å²) < 4.78 is 0. The first-order chi connectivity index (χ1) is 5.83. The molecule has 0 aromatic carbocycles. The summed E-state index contributed by atoms with van der Waals surface area (Å²) in [5.74, 6) is 1.34. The molecular formula is C6H13N5S. The van der Waals surface area contributed by atoms with Crippen LogP contribution in [0.4, 0.5) is 5.95 Å². The van der Waals surface area contributed by atoms with Crippen LogP contribution in [-0.2, 0) is 0 Å². The highest BCUT2D eigenvalue weighted by Crippen LogP contribution is 2.10. The van der Waals surface area contributed by atoms with Gasteiger partial charge < -0.3 is 11.1 Å². The van der Waals surface area contributed by atoms with Crippen LogP contribution < -0.4 is 11.1 Å². The van der Waals surface area contributed by atoms with Crippen LogP contribution in [0.1, 0.15) is 6.92 Å². The summed E-state index contributed by atoms with van der Waals surface area (Å²) in [7, 11) is 0. The molecule has 1 aromatic rings. The molecule has 0 spiro atoms. The van der Waals surface area contributed by atoms with Crippen molar-refractivity contribution in [2.75, 3.05) is 24.6 Å². The fourth-order valence-corrected chi connectivity index (χ4v) is 1.42. The van der Waals surface area contributed by atoms with E-state index >= 15 is 0 Å². The van der Waals surface area contributed by atoms with Crippen LogP contribution in [0.5, 0.6) is 0 Å². The predicted molar refractivity (Wildman–Crippen MR) is 50.1 cm³/mol. The number of nitrogens with two attached hydrogens (primary N) is 1. The van der Waals surface area contributed by atoms with Crippen LogP contribution in [0.15, 0.2) is 5.16 Å². The lowest BCUT2D eigenvalue weighted by Crippen LogP contribution is -2.15. The van der Waals surface area contributed by atoms with E-state index in [4.69, 9.17) is 5.73 Å². The molecule has 0 saturated carbocycles. The third-order valence-corrected chi connectivity index (χ3v) is 2.09. The predicted octanol–water partition coefficient (Wildman–Crippen LogP) is 0.0885. The second-order valence-corrected chi connectivity index (χ2v) is 3.27. The van der Waals surface area contributed by atoms with Crippen molar-refractivity contribution < 1.29 is 0 Å². The molecule has 0 radical (unpaired) electrons. The van der Waals surface area contributed by atoms with Crippen LogP contribution in [0.3, 0.4) is 0 Å². The quantitative estimate of drug-likeness (QED) is 0.449. The maximum Gasteiger partial charge on any atom is 0.216 e. The van der Waals surface area contributed by atoms with E-state index in [2.05, 4.69) is 27.4 Å². The van der Waals surface area contributed by atoms with E-state index in [1.165, 1.54) is 0 Å². The zero-order chi connectivity index (χ0) is 8.81. The van der Waals surface area contributed by atoms with Crippen LogP contribution in [0, 0.1) is 0 Å². The Morgan fingerprint density at radius 3 is 3.08 bits per heavy atom. The molecule has 0 aliphatic heterocycles. The first-order valence-corrected chi connectivity index (χ1v) is 4.83. The third-order valence-electron chi connectivity index (χ3n) is 1.24. The van der Waals surface area contributed by atoms with Gasteiger partial charge in [-0.25, -0.2) is 5.10 Å². The molecule has 0 bridgehead atoms. The van der Waals surface area contributed by atoms with Gasteiger partial charge in [-0.1, -0.05) is 18.7 Å². The molecular weight excluding hydrogens is 174 g/mol. The van der Waals surface area contributed by atoms with Gasteiger partial charge >= 0.3 is 0 Å². The van der Waals surface area contributed by atoms with Crippen molar-refractivity contribution in [3.05, 3.63) is 0 Å². The number of aromatic amines is 1. The summed E-state index contributed by atoms with van der Waals surface area (Å²) in [6.07, 6.45) is 0. The van der Waals surface area contributed by atoms with E-state index in [0.717, 1.165) is 18.8 Å². The molecule has 0 aliphatic rings. The Hall–Kier alpha value is -0.750. The minimum atomic E-state index is 0.376. The highest BCUT2D eigenvalue weighted by atomic mass is 32.2. The molecule has 1 heterocycles. The number of hydrogen-bond donors (Lipinski definition) is 3. The van der Waals surface area contributed by atoms with Gasteiger partial charge in [0.2, 0.25) is 11.1 Å². The monoisotopic (exact) mass is 187 g/mol. The summed E-state index contributed by atoms with van der Waals surface area (Å²) in [6, 6.07) is 0. The standard InChI is InChI=1S/C6H13N5S/c1-2-8-3-4-12-6-9-5(7)10-11-6/h8H,2-4H2,1H3,(H3,7,9,10,11). The Kier molecular flexibility index (Phi) is 3.89. The van der Waals surface area contributed by atoms with Gasteiger partial charge in [-0.15, -0.1) is 5.10 Å². The van der Waals surface area contributed by atoms with Crippen molar-refractivity contribution in [1.29, 1.82) is 0 Å². The van der Waals surface area contributed by atoms with Crippen LogP contribution in [0.2, 0.25) is 0 Å². The second kappa shape index (κ2) is 5.00. The molecule has 6 heteroatoms. The summed E-state index contributed by atoms with van der Waals surface area (Å²) >= 11 is 1.59. The van der Waals surface area contributed by atoms with Gasteiger partial charge in [-0.05, 0) is 6.54 Å². The Balaban J connectivity index is 2.15. The molecule has 0 atom stereocenters. The van der Waals surface area contributed by atoms with Gasteiger partial charge in [-0.3, -0.25) is 0 Å². The Labute approximate surface area is 75.5 Å². The molecule has 12 heavy (non-hydrogen) atoms. The first-order valence-electron chi connectivity index (χ1n) is 3.84. The maximum absolute atomic E-state index is 5.35. The van der Waals surface area contributed by atoms with Gasteiger partial charge in [0, 0.05) is 12.3 Å². The number of nitrogen functional groups attached to an aromatic ring is 1. The smallest absolute Gasteiger partial charge is 0.216 e. The molecule has 0 aliphatic carbocycles. The van der Waals surface area contributed by atoms with Crippen LogP contribution >= 0.6 is 11.8 Å². The number of rotatable bonds is 5. The molecule has 1 rings (SSSR count). The Bertz CT molecular complexity index is 223. The van der Waals surface area contributed by atoms with Crippen molar-refractivity contribution >= 4 is 17.7 Å². The fraction of sp³-hybridized carbons (Fsp3) is 0.667. The third kappa shape index (κ3) is 3.10. The normalized spacial score (nSPS) is 10.4. The van der Waals surface area contributed by atoms with E-state index in [0.29, 0.717) is 11.1 Å². The van der Waals surface area contributed by atoms with Gasteiger partial charge in [-0.2, -0.15) is 4.98 Å². The lowest BCUT2D eigenvalue weighted by Gasteiger charge is -1.97.